The Bertz CT molecular complexity index is 1860. The summed E-state index contributed by atoms with van der Waals surface area (Å²) in [4.78, 5) is 0. The quantitative estimate of drug-likeness (QED) is 0.190. The lowest BCUT2D eigenvalue weighted by Gasteiger charge is -2.35. The molecule has 0 spiro atoms. The number of hydrogen-bond donors (Lipinski definition) is 2. The molecule has 0 heterocycles. The zero-order chi connectivity index (χ0) is 31.3. The van der Waals surface area contributed by atoms with Crippen LogP contribution in [0.1, 0.15) is 44.5 Å². The number of aryl methyl sites for hydroxylation is 4. The van der Waals surface area contributed by atoms with Crippen molar-refractivity contribution in [1.29, 1.82) is 0 Å². The topological polar surface area (TPSA) is 70.5 Å². The van der Waals surface area contributed by atoms with Gasteiger partial charge in [-0.2, -0.15) is 0 Å². The Morgan fingerprint density at radius 2 is 0.778 bits per heavy atom. The first-order valence-corrected chi connectivity index (χ1v) is 15.3. The molecule has 4 heteroatoms. The SMILES string of the molecule is Cc1cc(C2(c3cc(C)c(Oc4ccc(N)cc4)c(C)c3)c3ccccc3-c3ccccc32)cc(C)c1Oc1ccc(N)cc1. The number of anilines is 2. The van der Waals surface area contributed by atoms with Gasteiger partial charge in [0.1, 0.15) is 23.0 Å². The van der Waals surface area contributed by atoms with Crippen molar-refractivity contribution in [3.05, 3.63) is 166 Å². The lowest BCUT2D eigenvalue weighted by molar-refractivity contribution is 0.474. The van der Waals surface area contributed by atoms with Gasteiger partial charge in [0.25, 0.3) is 0 Å². The molecule has 0 amide bonds. The van der Waals surface area contributed by atoms with Crippen LogP contribution in [0.15, 0.2) is 121 Å². The molecule has 4 nitrogen and oxygen atoms in total. The second-order valence-corrected chi connectivity index (χ2v) is 12.1. The smallest absolute Gasteiger partial charge is 0.133 e. The van der Waals surface area contributed by atoms with Gasteiger partial charge in [0, 0.05) is 11.4 Å². The van der Waals surface area contributed by atoms with Gasteiger partial charge in [0.05, 0.1) is 5.41 Å². The molecule has 6 aromatic carbocycles. The van der Waals surface area contributed by atoms with Crippen molar-refractivity contribution < 1.29 is 9.47 Å². The Balaban J connectivity index is 1.44. The Labute approximate surface area is 264 Å². The van der Waals surface area contributed by atoms with Gasteiger partial charge >= 0.3 is 0 Å². The summed E-state index contributed by atoms with van der Waals surface area (Å²) in [6.07, 6.45) is 0. The van der Waals surface area contributed by atoms with Crippen LogP contribution >= 0.6 is 0 Å². The molecule has 0 aromatic heterocycles. The molecule has 45 heavy (non-hydrogen) atoms. The Hall–Kier alpha value is -5.48. The maximum atomic E-state index is 6.43. The van der Waals surface area contributed by atoms with E-state index in [1.165, 1.54) is 33.4 Å². The number of hydrogen-bond acceptors (Lipinski definition) is 4. The number of ether oxygens (including phenoxy) is 2. The molecule has 0 unspecified atom stereocenters. The Morgan fingerprint density at radius 3 is 1.13 bits per heavy atom. The van der Waals surface area contributed by atoms with Crippen LogP contribution in [0, 0.1) is 27.7 Å². The third-order valence-corrected chi connectivity index (χ3v) is 8.94. The van der Waals surface area contributed by atoms with Gasteiger partial charge < -0.3 is 20.9 Å². The lowest BCUT2D eigenvalue weighted by atomic mass is 9.66. The van der Waals surface area contributed by atoms with E-state index in [1.807, 2.05) is 48.5 Å². The second-order valence-electron chi connectivity index (χ2n) is 12.1. The zero-order valence-electron chi connectivity index (χ0n) is 26.0. The van der Waals surface area contributed by atoms with Crippen molar-refractivity contribution in [3.8, 4) is 34.1 Å². The molecule has 0 radical (unpaired) electrons. The summed E-state index contributed by atoms with van der Waals surface area (Å²) in [6.45, 7) is 8.51. The Kier molecular flexibility index (Phi) is 6.86. The number of benzene rings is 6. The van der Waals surface area contributed by atoms with Gasteiger partial charge in [-0.1, -0.05) is 72.8 Å². The molecule has 4 N–H and O–H groups in total. The molecule has 0 saturated carbocycles. The van der Waals surface area contributed by atoms with Gasteiger partial charge in [-0.25, -0.2) is 0 Å². The molecule has 0 bridgehead atoms. The van der Waals surface area contributed by atoms with E-state index in [4.69, 9.17) is 20.9 Å². The predicted molar refractivity (Wildman–Crippen MR) is 185 cm³/mol. The van der Waals surface area contributed by atoms with Crippen LogP contribution in [0.3, 0.4) is 0 Å². The fourth-order valence-electron chi connectivity index (χ4n) is 6.99. The summed E-state index contributed by atoms with van der Waals surface area (Å²) in [5, 5.41) is 0. The summed E-state index contributed by atoms with van der Waals surface area (Å²) in [6, 6.07) is 41.9. The van der Waals surface area contributed by atoms with Crippen LogP contribution in [-0.4, -0.2) is 0 Å². The maximum absolute atomic E-state index is 6.43. The van der Waals surface area contributed by atoms with E-state index in [2.05, 4.69) is 100 Å². The molecule has 0 atom stereocenters. The molecule has 222 valence electrons. The van der Waals surface area contributed by atoms with Crippen LogP contribution in [0.5, 0.6) is 23.0 Å². The van der Waals surface area contributed by atoms with Crippen molar-refractivity contribution in [2.24, 2.45) is 0 Å². The van der Waals surface area contributed by atoms with Gasteiger partial charge in [0.15, 0.2) is 0 Å². The van der Waals surface area contributed by atoms with Gasteiger partial charge in [-0.05, 0) is 132 Å². The van der Waals surface area contributed by atoms with E-state index in [-0.39, 0.29) is 0 Å². The van der Waals surface area contributed by atoms with Crippen molar-refractivity contribution in [2.75, 3.05) is 11.5 Å². The highest BCUT2D eigenvalue weighted by molar-refractivity contribution is 5.86. The summed E-state index contributed by atoms with van der Waals surface area (Å²) < 4.78 is 12.9. The average molecular weight is 589 g/mol. The van der Waals surface area contributed by atoms with Gasteiger partial charge in [0.2, 0.25) is 0 Å². The average Bonchev–Trinajstić information content (AvgIpc) is 3.34. The van der Waals surface area contributed by atoms with E-state index < -0.39 is 5.41 Å². The highest BCUT2D eigenvalue weighted by Gasteiger charge is 2.46. The molecule has 1 aliphatic carbocycles. The van der Waals surface area contributed by atoms with Gasteiger partial charge in [-0.3, -0.25) is 0 Å². The van der Waals surface area contributed by atoms with E-state index >= 15 is 0 Å². The Morgan fingerprint density at radius 1 is 0.444 bits per heavy atom. The summed E-state index contributed by atoms with van der Waals surface area (Å²) in [7, 11) is 0. The fourth-order valence-corrected chi connectivity index (χ4v) is 6.99. The normalized spacial score (nSPS) is 12.8. The minimum absolute atomic E-state index is 0.544. The molecule has 7 rings (SSSR count). The van der Waals surface area contributed by atoms with Crippen LogP contribution < -0.4 is 20.9 Å². The number of nitrogen functional groups attached to an aromatic ring is 2. The fraction of sp³-hybridized carbons (Fsp3) is 0.122. The standard InChI is InChI=1S/C41H36N2O2/c1-25-21-29(22-26(2)39(25)44-33-17-13-31(42)14-18-33)41(37-11-7-5-9-35(37)36-10-6-8-12-38(36)41)30-23-27(3)40(28(4)24-30)45-34-19-15-32(43)16-20-34/h5-24H,42-43H2,1-4H3. The monoisotopic (exact) mass is 588 g/mol. The predicted octanol–water partition coefficient (Wildman–Crippen LogP) is 10.0. The number of fused-ring (bicyclic) bond motifs is 3. The third kappa shape index (κ3) is 4.70. The van der Waals surface area contributed by atoms with E-state index in [9.17, 15) is 0 Å². The lowest BCUT2D eigenvalue weighted by Crippen LogP contribution is -2.29. The molecular weight excluding hydrogens is 552 g/mol. The number of rotatable bonds is 6. The highest BCUT2D eigenvalue weighted by Crippen LogP contribution is 2.57. The van der Waals surface area contributed by atoms with Crippen LogP contribution in [0.25, 0.3) is 11.1 Å². The molecule has 0 fully saturated rings. The number of nitrogens with two attached hydrogens (primary N) is 2. The van der Waals surface area contributed by atoms with Crippen molar-refractivity contribution >= 4 is 11.4 Å². The van der Waals surface area contributed by atoms with E-state index in [1.54, 1.807) is 0 Å². The van der Waals surface area contributed by atoms with E-state index in [0.717, 1.165) is 45.3 Å². The first-order valence-electron chi connectivity index (χ1n) is 15.3. The summed E-state index contributed by atoms with van der Waals surface area (Å²) >= 11 is 0. The molecule has 1 aliphatic rings. The molecule has 0 aliphatic heterocycles. The van der Waals surface area contributed by atoms with Crippen LogP contribution in [-0.2, 0) is 5.41 Å². The molecule has 6 aromatic rings. The molecular formula is C41H36N2O2. The van der Waals surface area contributed by atoms with Crippen LogP contribution in [0.2, 0.25) is 0 Å². The zero-order valence-corrected chi connectivity index (χ0v) is 26.0. The third-order valence-electron chi connectivity index (χ3n) is 8.94. The minimum atomic E-state index is -0.544. The van der Waals surface area contributed by atoms with Crippen molar-refractivity contribution in [2.45, 2.75) is 33.1 Å². The minimum Gasteiger partial charge on any atom is -0.457 e. The maximum Gasteiger partial charge on any atom is 0.133 e. The second kappa shape index (κ2) is 10.9. The van der Waals surface area contributed by atoms with E-state index in [0.29, 0.717) is 11.4 Å². The largest absolute Gasteiger partial charge is 0.457 e. The van der Waals surface area contributed by atoms with Gasteiger partial charge in [-0.15, -0.1) is 0 Å². The van der Waals surface area contributed by atoms with Crippen molar-refractivity contribution in [3.63, 3.8) is 0 Å². The highest BCUT2D eigenvalue weighted by atomic mass is 16.5. The van der Waals surface area contributed by atoms with Crippen LogP contribution in [0.4, 0.5) is 11.4 Å². The summed E-state index contributed by atoms with van der Waals surface area (Å²) in [5.41, 5.74) is 24.4. The summed E-state index contributed by atoms with van der Waals surface area (Å²) in [5.74, 6) is 3.24. The van der Waals surface area contributed by atoms with Crippen molar-refractivity contribution in [1.82, 2.24) is 0 Å². The first kappa shape index (κ1) is 28.3. The molecule has 0 saturated heterocycles. The first-order chi connectivity index (χ1) is 21.8.